The number of halogens is 1. The molecule has 128 valence electrons. The number of carbonyl (C=O) groups excluding carboxylic acids is 1. The largest absolute Gasteiger partial charge is 0.470 e. The maximum atomic E-state index is 12.2. The molecule has 1 atom stereocenters. The summed E-state index contributed by atoms with van der Waals surface area (Å²) in [4.78, 5) is 22.3. The van der Waals surface area contributed by atoms with E-state index in [9.17, 15) is 4.79 Å². The molecule has 1 fully saturated rings. The Labute approximate surface area is 145 Å². The van der Waals surface area contributed by atoms with Crippen molar-refractivity contribution in [2.45, 2.75) is 58.2 Å². The van der Waals surface area contributed by atoms with Gasteiger partial charge in [-0.15, -0.1) is 0 Å². The summed E-state index contributed by atoms with van der Waals surface area (Å²) in [6, 6.07) is 0. The Morgan fingerprint density at radius 2 is 2.04 bits per heavy atom. The lowest BCUT2D eigenvalue weighted by Gasteiger charge is -2.29. The van der Waals surface area contributed by atoms with Crippen molar-refractivity contribution in [2.24, 2.45) is 0 Å². The number of amides is 1. The monoisotopic (exact) mass is 385 g/mol. The molecule has 0 aliphatic carbocycles. The van der Waals surface area contributed by atoms with Crippen LogP contribution in [0.15, 0.2) is 17.0 Å². The zero-order valence-electron chi connectivity index (χ0n) is 14.1. The molecule has 1 amide bonds. The summed E-state index contributed by atoms with van der Waals surface area (Å²) in [5.74, 6) is 0.493. The number of carbonyl (C=O) groups is 1. The van der Waals surface area contributed by atoms with Gasteiger partial charge in [0.2, 0.25) is 5.88 Å². The Morgan fingerprint density at radius 1 is 1.30 bits per heavy atom. The molecule has 1 unspecified atom stereocenters. The molecule has 0 bridgehead atoms. The lowest BCUT2D eigenvalue weighted by atomic mass is 9.97. The standard InChI is InChI=1S/C16H24BrN3O3/c1-15(2,3)23-14(21)20-8-5-6-16(4,7-9-20)22-13-11-18-10-12(17)19-13/h10-11H,5-9H2,1-4H3. The lowest BCUT2D eigenvalue weighted by Crippen LogP contribution is -2.39. The van der Waals surface area contributed by atoms with Gasteiger partial charge in [-0.1, -0.05) is 0 Å². The van der Waals surface area contributed by atoms with Gasteiger partial charge in [-0.05, 0) is 56.5 Å². The van der Waals surface area contributed by atoms with Gasteiger partial charge in [-0.2, -0.15) is 0 Å². The van der Waals surface area contributed by atoms with Gasteiger partial charge in [-0.25, -0.2) is 9.78 Å². The zero-order valence-corrected chi connectivity index (χ0v) is 15.7. The van der Waals surface area contributed by atoms with Crippen molar-refractivity contribution in [2.75, 3.05) is 13.1 Å². The number of hydrogen-bond acceptors (Lipinski definition) is 5. The fraction of sp³-hybridized carbons (Fsp3) is 0.688. The number of likely N-dealkylation sites (tertiary alicyclic amines) is 1. The third kappa shape index (κ3) is 5.64. The van der Waals surface area contributed by atoms with E-state index in [1.54, 1.807) is 17.3 Å². The van der Waals surface area contributed by atoms with Gasteiger partial charge in [0, 0.05) is 19.5 Å². The molecule has 6 nitrogen and oxygen atoms in total. The molecule has 0 spiro atoms. The number of ether oxygens (including phenoxy) is 2. The van der Waals surface area contributed by atoms with Crippen molar-refractivity contribution >= 4 is 22.0 Å². The van der Waals surface area contributed by atoms with Gasteiger partial charge in [0.05, 0.1) is 12.4 Å². The second-order valence-electron chi connectivity index (χ2n) is 7.05. The highest BCUT2D eigenvalue weighted by molar-refractivity contribution is 9.10. The van der Waals surface area contributed by atoms with E-state index in [2.05, 4.69) is 25.9 Å². The maximum Gasteiger partial charge on any atom is 0.410 e. The Hall–Kier alpha value is -1.37. The van der Waals surface area contributed by atoms with E-state index in [-0.39, 0.29) is 11.7 Å². The van der Waals surface area contributed by atoms with Gasteiger partial charge in [0.15, 0.2) is 0 Å². The average Bonchev–Trinajstić information content (AvgIpc) is 2.59. The van der Waals surface area contributed by atoms with Crippen LogP contribution in [0.25, 0.3) is 0 Å². The maximum absolute atomic E-state index is 12.2. The normalized spacial score (nSPS) is 22.4. The Morgan fingerprint density at radius 3 is 2.70 bits per heavy atom. The minimum Gasteiger partial charge on any atom is -0.470 e. The number of aromatic nitrogens is 2. The topological polar surface area (TPSA) is 64.5 Å². The minimum absolute atomic E-state index is 0.260. The lowest BCUT2D eigenvalue weighted by molar-refractivity contribution is 0.0231. The summed E-state index contributed by atoms with van der Waals surface area (Å²) < 4.78 is 12.1. The Bertz CT molecular complexity index is 562. The first kappa shape index (κ1) is 18.0. The van der Waals surface area contributed by atoms with Crippen LogP contribution >= 0.6 is 15.9 Å². The van der Waals surface area contributed by atoms with Crippen LogP contribution in [0.5, 0.6) is 5.88 Å². The fourth-order valence-corrected chi connectivity index (χ4v) is 2.78. The van der Waals surface area contributed by atoms with Crippen molar-refractivity contribution in [1.82, 2.24) is 14.9 Å². The first-order valence-electron chi connectivity index (χ1n) is 7.81. The van der Waals surface area contributed by atoms with Gasteiger partial charge in [-0.3, -0.25) is 4.98 Å². The van der Waals surface area contributed by atoms with Crippen molar-refractivity contribution in [3.63, 3.8) is 0 Å². The van der Waals surface area contributed by atoms with Crippen LogP contribution in [-0.2, 0) is 4.74 Å². The Kier molecular flexibility index (Phi) is 5.49. The summed E-state index contributed by atoms with van der Waals surface area (Å²) in [7, 11) is 0. The highest BCUT2D eigenvalue weighted by Crippen LogP contribution is 2.28. The van der Waals surface area contributed by atoms with Crippen molar-refractivity contribution in [3.05, 3.63) is 17.0 Å². The van der Waals surface area contributed by atoms with Crippen LogP contribution < -0.4 is 4.74 Å². The van der Waals surface area contributed by atoms with Crippen LogP contribution in [0.2, 0.25) is 0 Å². The van der Waals surface area contributed by atoms with E-state index in [0.29, 0.717) is 23.6 Å². The summed E-state index contributed by atoms with van der Waals surface area (Å²) in [6.07, 6.45) is 5.39. The smallest absolute Gasteiger partial charge is 0.410 e. The predicted molar refractivity (Wildman–Crippen MR) is 90.4 cm³/mol. The predicted octanol–water partition coefficient (Wildman–Crippen LogP) is 3.80. The molecule has 1 aromatic rings. The van der Waals surface area contributed by atoms with E-state index in [1.807, 2.05) is 27.7 Å². The molecular formula is C16H24BrN3O3. The van der Waals surface area contributed by atoms with E-state index in [4.69, 9.17) is 9.47 Å². The SMILES string of the molecule is CC(C)(C)OC(=O)N1CCCC(C)(Oc2cncc(Br)n2)CC1. The first-order valence-corrected chi connectivity index (χ1v) is 8.61. The van der Waals surface area contributed by atoms with Crippen LogP contribution in [0.1, 0.15) is 47.0 Å². The molecule has 0 radical (unpaired) electrons. The molecule has 1 aliphatic rings. The summed E-state index contributed by atoms with van der Waals surface area (Å²) in [5, 5.41) is 0. The molecule has 23 heavy (non-hydrogen) atoms. The number of rotatable bonds is 2. The first-order chi connectivity index (χ1) is 10.7. The molecule has 7 heteroatoms. The highest BCUT2D eigenvalue weighted by atomic mass is 79.9. The molecule has 2 rings (SSSR count). The van der Waals surface area contributed by atoms with Crippen LogP contribution in [0.3, 0.4) is 0 Å². The second kappa shape index (κ2) is 7.03. The highest BCUT2D eigenvalue weighted by Gasteiger charge is 2.33. The van der Waals surface area contributed by atoms with E-state index < -0.39 is 5.60 Å². The van der Waals surface area contributed by atoms with Crippen LogP contribution in [-0.4, -0.2) is 45.3 Å². The fourth-order valence-electron chi connectivity index (χ4n) is 2.49. The van der Waals surface area contributed by atoms with Crippen LogP contribution in [0.4, 0.5) is 4.79 Å². The Balaban J connectivity index is 1.98. The van der Waals surface area contributed by atoms with Crippen molar-refractivity contribution in [1.29, 1.82) is 0 Å². The third-order valence-electron chi connectivity index (χ3n) is 3.63. The third-order valence-corrected chi connectivity index (χ3v) is 4.01. The molecule has 2 heterocycles. The van der Waals surface area contributed by atoms with Gasteiger partial charge >= 0.3 is 6.09 Å². The molecular weight excluding hydrogens is 362 g/mol. The number of hydrogen-bond donors (Lipinski definition) is 0. The molecule has 1 aliphatic heterocycles. The molecule has 1 saturated heterocycles. The second-order valence-corrected chi connectivity index (χ2v) is 7.87. The van der Waals surface area contributed by atoms with Crippen molar-refractivity contribution in [3.8, 4) is 5.88 Å². The van der Waals surface area contributed by atoms with E-state index >= 15 is 0 Å². The van der Waals surface area contributed by atoms with Gasteiger partial charge in [0.1, 0.15) is 15.8 Å². The number of nitrogens with zero attached hydrogens (tertiary/aromatic N) is 3. The molecule has 0 aromatic carbocycles. The quantitative estimate of drug-likeness (QED) is 0.774. The minimum atomic E-state index is -0.477. The van der Waals surface area contributed by atoms with Gasteiger partial charge < -0.3 is 14.4 Å². The van der Waals surface area contributed by atoms with E-state index in [1.165, 1.54) is 0 Å². The van der Waals surface area contributed by atoms with Crippen molar-refractivity contribution < 1.29 is 14.3 Å². The zero-order chi connectivity index (χ0) is 17.1. The summed E-state index contributed by atoms with van der Waals surface area (Å²) in [6.45, 7) is 8.96. The molecule has 0 N–H and O–H groups in total. The summed E-state index contributed by atoms with van der Waals surface area (Å²) >= 11 is 3.29. The summed E-state index contributed by atoms with van der Waals surface area (Å²) in [5.41, 5.74) is -0.846. The van der Waals surface area contributed by atoms with E-state index in [0.717, 1.165) is 19.3 Å². The average molecular weight is 386 g/mol. The molecule has 0 saturated carbocycles. The van der Waals surface area contributed by atoms with Crippen LogP contribution in [0, 0.1) is 0 Å². The van der Waals surface area contributed by atoms with Gasteiger partial charge in [0.25, 0.3) is 0 Å². The molecule has 1 aromatic heterocycles.